The molecule has 0 N–H and O–H groups in total. The zero-order valence-electron chi connectivity index (χ0n) is 13.2. The van der Waals surface area contributed by atoms with Crippen molar-refractivity contribution in [2.24, 2.45) is 0 Å². The molecular weight excluding hydrogens is 289 g/mol. The number of carbonyl (C=O) groups excluding carboxylic acids is 1. The predicted molar refractivity (Wildman–Crippen MR) is 79.3 cm³/mol. The molecule has 1 amide bonds. The van der Waals surface area contributed by atoms with Gasteiger partial charge in [0.25, 0.3) is 5.91 Å². The molecule has 0 spiro atoms. The van der Waals surface area contributed by atoms with E-state index in [1.54, 1.807) is 24.1 Å². The standard InChI is InChI=1S/C16H22FNO4/c1-16(2)11-18(8-12(22-16)9-20-3)15(19)10-21-14-7-5-4-6-13(14)17/h4-7,12H,8-11H2,1-3H3/t12-/m1/s1. The van der Waals surface area contributed by atoms with Crippen LogP contribution in [0.5, 0.6) is 5.75 Å². The molecule has 1 aromatic carbocycles. The van der Waals surface area contributed by atoms with E-state index in [-0.39, 0.29) is 24.4 Å². The highest BCUT2D eigenvalue weighted by Gasteiger charge is 2.35. The van der Waals surface area contributed by atoms with Crippen LogP contribution in [0, 0.1) is 5.82 Å². The van der Waals surface area contributed by atoms with Gasteiger partial charge in [0.15, 0.2) is 18.2 Å². The summed E-state index contributed by atoms with van der Waals surface area (Å²) in [5.74, 6) is -0.590. The van der Waals surface area contributed by atoms with Gasteiger partial charge in [-0.2, -0.15) is 0 Å². The summed E-state index contributed by atoms with van der Waals surface area (Å²) in [6, 6.07) is 6.03. The molecule has 22 heavy (non-hydrogen) atoms. The monoisotopic (exact) mass is 311 g/mol. The molecule has 1 heterocycles. The van der Waals surface area contributed by atoms with Crippen molar-refractivity contribution in [2.45, 2.75) is 25.6 Å². The minimum absolute atomic E-state index is 0.0804. The van der Waals surface area contributed by atoms with Crippen LogP contribution in [0.15, 0.2) is 24.3 Å². The summed E-state index contributed by atoms with van der Waals surface area (Å²) in [5, 5.41) is 0. The van der Waals surface area contributed by atoms with Gasteiger partial charge in [0.05, 0.1) is 18.3 Å². The number of nitrogens with zero attached hydrogens (tertiary/aromatic N) is 1. The molecule has 0 saturated carbocycles. The highest BCUT2D eigenvalue weighted by molar-refractivity contribution is 5.78. The third-order valence-corrected chi connectivity index (χ3v) is 3.37. The smallest absolute Gasteiger partial charge is 0.260 e. The molecule has 0 bridgehead atoms. The lowest BCUT2D eigenvalue weighted by Crippen LogP contribution is -2.56. The average Bonchev–Trinajstić information content (AvgIpc) is 2.45. The topological polar surface area (TPSA) is 48.0 Å². The molecule has 122 valence electrons. The van der Waals surface area contributed by atoms with Crippen molar-refractivity contribution in [1.82, 2.24) is 4.90 Å². The van der Waals surface area contributed by atoms with Crippen LogP contribution in [0.1, 0.15) is 13.8 Å². The summed E-state index contributed by atoms with van der Waals surface area (Å²) in [6.07, 6.45) is -0.175. The SMILES string of the molecule is COC[C@H]1CN(C(=O)COc2ccccc2F)CC(C)(C)O1. The Balaban J connectivity index is 1.95. The number of para-hydroxylation sites is 1. The Labute approximate surface area is 130 Å². The van der Waals surface area contributed by atoms with Gasteiger partial charge in [-0.15, -0.1) is 0 Å². The van der Waals surface area contributed by atoms with Gasteiger partial charge in [-0.05, 0) is 26.0 Å². The number of methoxy groups -OCH3 is 1. The van der Waals surface area contributed by atoms with E-state index in [2.05, 4.69) is 0 Å². The van der Waals surface area contributed by atoms with E-state index in [9.17, 15) is 9.18 Å². The number of halogens is 1. The average molecular weight is 311 g/mol. The Bertz CT molecular complexity index is 521. The Hall–Kier alpha value is -1.66. The number of ether oxygens (including phenoxy) is 3. The van der Waals surface area contributed by atoms with E-state index in [4.69, 9.17) is 14.2 Å². The summed E-state index contributed by atoms with van der Waals surface area (Å²) < 4.78 is 29.7. The Morgan fingerprint density at radius 1 is 1.45 bits per heavy atom. The van der Waals surface area contributed by atoms with Crippen LogP contribution in [0.3, 0.4) is 0 Å². The lowest BCUT2D eigenvalue weighted by Gasteiger charge is -2.42. The predicted octanol–water partition coefficient (Wildman–Crippen LogP) is 1.86. The number of hydrogen-bond donors (Lipinski definition) is 0. The van der Waals surface area contributed by atoms with Crippen LogP contribution in [0.25, 0.3) is 0 Å². The van der Waals surface area contributed by atoms with Crippen molar-refractivity contribution >= 4 is 5.91 Å². The first-order valence-electron chi connectivity index (χ1n) is 7.23. The number of morpholine rings is 1. The summed E-state index contributed by atoms with van der Waals surface area (Å²) in [6.45, 7) is 4.97. The van der Waals surface area contributed by atoms with Gasteiger partial charge in [-0.3, -0.25) is 4.79 Å². The van der Waals surface area contributed by atoms with E-state index in [1.165, 1.54) is 12.1 Å². The number of hydrogen-bond acceptors (Lipinski definition) is 4. The summed E-state index contributed by atoms with van der Waals surface area (Å²) >= 11 is 0. The second kappa shape index (κ2) is 7.07. The van der Waals surface area contributed by atoms with Crippen molar-refractivity contribution in [2.75, 3.05) is 33.4 Å². The van der Waals surface area contributed by atoms with Crippen LogP contribution < -0.4 is 4.74 Å². The van der Waals surface area contributed by atoms with Crippen LogP contribution in [0.4, 0.5) is 4.39 Å². The van der Waals surface area contributed by atoms with Gasteiger partial charge in [-0.1, -0.05) is 12.1 Å². The van der Waals surface area contributed by atoms with Gasteiger partial charge in [0.2, 0.25) is 0 Å². The van der Waals surface area contributed by atoms with E-state index in [0.29, 0.717) is 19.7 Å². The van der Waals surface area contributed by atoms with Crippen LogP contribution in [-0.2, 0) is 14.3 Å². The highest BCUT2D eigenvalue weighted by Crippen LogP contribution is 2.22. The van der Waals surface area contributed by atoms with E-state index in [1.807, 2.05) is 13.8 Å². The number of amides is 1. The maximum Gasteiger partial charge on any atom is 0.260 e. The number of carbonyl (C=O) groups is 1. The molecule has 1 atom stereocenters. The number of rotatable bonds is 5. The zero-order valence-corrected chi connectivity index (χ0v) is 13.2. The zero-order chi connectivity index (χ0) is 16.2. The molecule has 0 aromatic heterocycles. The van der Waals surface area contributed by atoms with Crippen molar-refractivity contribution < 1.29 is 23.4 Å². The van der Waals surface area contributed by atoms with E-state index >= 15 is 0 Å². The molecule has 6 heteroatoms. The molecule has 2 rings (SSSR count). The molecular formula is C16H22FNO4. The highest BCUT2D eigenvalue weighted by atomic mass is 19.1. The molecule has 1 aliphatic rings. The maximum absolute atomic E-state index is 13.5. The molecule has 1 fully saturated rings. The fourth-order valence-corrected chi connectivity index (χ4v) is 2.55. The van der Waals surface area contributed by atoms with Crippen molar-refractivity contribution in [1.29, 1.82) is 0 Å². The molecule has 1 aromatic rings. The molecule has 1 aliphatic heterocycles. The fraction of sp³-hybridized carbons (Fsp3) is 0.562. The molecule has 1 saturated heterocycles. The normalized spacial score (nSPS) is 20.7. The Morgan fingerprint density at radius 3 is 2.86 bits per heavy atom. The summed E-state index contributed by atoms with van der Waals surface area (Å²) in [4.78, 5) is 14.0. The number of benzene rings is 1. The first-order chi connectivity index (χ1) is 10.4. The maximum atomic E-state index is 13.5. The third-order valence-electron chi connectivity index (χ3n) is 3.37. The van der Waals surface area contributed by atoms with E-state index < -0.39 is 11.4 Å². The van der Waals surface area contributed by atoms with Crippen LogP contribution in [-0.4, -0.2) is 55.9 Å². The summed E-state index contributed by atoms with van der Waals surface area (Å²) in [7, 11) is 1.60. The quantitative estimate of drug-likeness (QED) is 0.833. The summed E-state index contributed by atoms with van der Waals surface area (Å²) in [5.41, 5.74) is -0.449. The van der Waals surface area contributed by atoms with Gasteiger partial charge >= 0.3 is 0 Å². The third kappa shape index (κ3) is 4.42. The van der Waals surface area contributed by atoms with Crippen LogP contribution in [0.2, 0.25) is 0 Å². The van der Waals surface area contributed by atoms with Gasteiger partial charge in [0, 0.05) is 20.2 Å². The largest absolute Gasteiger partial charge is 0.481 e. The first kappa shape index (κ1) is 16.7. The Kier molecular flexibility index (Phi) is 5.37. The lowest BCUT2D eigenvalue weighted by molar-refractivity contribution is -0.170. The van der Waals surface area contributed by atoms with Crippen molar-refractivity contribution in [3.8, 4) is 5.75 Å². The van der Waals surface area contributed by atoms with Gasteiger partial charge < -0.3 is 19.1 Å². The minimum Gasteiger partial charge on any atom is -0.481 e. The van der Waals surface area contributed by atoms with Gasteiger partial charge in [0.1, 0.15) is 0 Å². The Morgan fingerprint density at radius 2 is 2.18 bits per heavy atom. The lowest BCUT2D eigenvalue weighted by atomic mass is 10.1. The minimum atomic E-state index is -0.477. The van der Waals surface area contributed by atoms with Crippen molar-refractivity contribution in [3.63, 3.8) is 0 Å². The fourth-order valence-electron chi connectivity index (χ4n) is 2.55. The molecule has 5 nitrogen and oxygen atoms in total. The van der Waals surface area contributed by atoms with Crippen molar-refractivity contribution in [3.05, 3.63) is 30.1 Å². The molecule has 0 radical (unpaired) electrons. The van der Waals surface area contributed by atoms with Gasteiger partial charge in [-0.25, -0.2) is 4.39 Å². The van der Waals surface area contributed by atoms with E-state index in [0.717, 1.165) is 0 Å². The second-order valence-electron chi connectivity index (χ2n) is 5.95. The second-order valence-corrected chi connectivity index (χ2v) is 5.95. The molecule has 0 aliphatic carbocycles. The molecule has 0 unspecified atom stereocenters. The van der Waals surface area contributed by atoms with Crippen LogP contribution >= 0.6 is 0 Å². The first-order valence-corrected chi connectivity index (χ1v) is 7.23.